The fraction of sp³-hybridized carbons (Fsp3) is 0.400. The van der Waals surface area contributed by atoms with Crippen LogP contribution in [0.15, 0.2) is 30.3 Å². The molecule has 0 aliphatic carbocycles. The Balaban J connectivity index is 2.16. The minimum absolute atomic E-state index is 0.0480. The zero-order valence-corrected chi connectivity index (χ0v) is 9.13. The standard InChI is InChI=1S/C10H17NSi/c1-2-8-11-12-9-10-6-4-3-5-7-10/h3-7,11H,2,8-9,12H2,1H3. The molecule has 0 fully saturated rings. The minimum Gasteiger partial charge on any atom is -0.342 e. The van der Waals surface area contributed by atoms with Crippen LogP contribution in [-0.4, -0.2) is 16.2 Å². The Labute approximate surface area is 77.1 Å². The maximum atomic E-state index is 3.52. The van der Waals surface area contributed by atoms with Crippen molar-refractivity contribution in [2.75, 3.05) is 6.54 Å². The van der Waals surface area contributed by atoms with Gasteiger partial charge in [0, 0.05) is 0 Å². The molecule has 0 atom stereocenters. The van der Waals surface area contributed by atoms with Crippen LogP contribution in [0.4, 0.5) is 0 Å². The molecule has 1 N–H and O–H groups in total. The molecule has 2 heteroatoms. The largest absolute Gasteiger partial charge is 0.342 e. The van der Waals surface area contributed by atoms with Gasteiger partial charge in [0.2, 0.25) is 0 Å². The van der Waals surface area contributed by atoms with Crippen LogP contribution < -0.4 is 4.98 Å². The van der Waals surface area contributed by atoms with Crippen LogP contribution in [0.3, 0.4) is 0 Å². The second kappa shape index (κ2) is 5.97. The maximum absolute atomic E-state index is 3.52. The van der Waals surface area contributed by atoms with Crippen molar-refractivity contribution < 1.29 is 0 Å². The molecule has 66 valence electrons. The van der Waals surface area contributed by atoms with E-state index in [9.17, 15) is 0 Å². The van der Waals surface area contributed by atoms with Gasteiger partial charge in [0.1, 0.15) is 0 Å². The summed E-state index contributed by atoms with van der Waals surface area (Å²) < 4.78 is 0. The molecule has 0 aliphatic rings. The van der Waals surface area contributed by atoms with E-state index in [0.29, 0.717) is 0 Å². The van der Waals surface area contributed by atoms with E-state index in [1.807, 2.05) is 0 Å². The molecule has 0 aromatic heterocycles. The quantitative estimate of drug-likeness (QED) is 0.530. The summed E-state index contributed by atoms with van der Waals surface area (Å²) in [6.45, 7) is 3.41. The van der Waals surface area contributed by atoms with Crippen LogP contribution >= 0.6 is 0 Å². The van der Waals surface area contributed by atoms with Crippen LogP contribution in [0, 0.1) is 0 Å². The van der Waals surface area contributed by atoms with Crippen molar-refractivity contribution in [1.82, 2.24) is 4.98 Å². The van der Waals surface area contributed by atoms with Gasteiger partial charge in [-0.25, -0.2) is 0 Å². The van der Waals surface area contributed by atoms with Crippen molar-refractivity contribution in [3.05, 3.63) is 35.9 Å². The van der Waals surface area contributed by atoms with Gasteiger partial charge in [0.25, 0.3) is 0 Å². The molecular formula is C10H17NSi. The Hall–Kier alpha value is -0.603. The summed E-state index contributed by atoms with van der Waals surface area (Å²) in [5.74, 6) is 0. The third-order valence-electron chi connectivity index (χ3n) is 1.86. The highest BCUT2D eigenvalue weighted by molar-refractivity contribution is 6.31. The van der Waals surface area contributed by atoms with Crippen LogP contribution in [0.25, 0.3) is 0 Å². The van der Waals surface area contributed by atoms with E-state index >= 15 is 0 Å². The van der Waals surface area contributed by atoms with Crippen molar-refractivity contribution >= 4 is 9.68 Å². The summed E-state index contributed by atoms with van der Waals surface area (Å²) in [5.41, 5.74) is 1.48. The Morgan fingerprint density at radius 1 is 1.25 bits per heavy atom. The van der Waals surface area contributed by atoms with E-state index in [2.05, 4.69) is 42.2 Å². The second-order valence-electron chi connectivity index (χ2n) is 2.99. The van der Waals surface area contributed by atoms with Gasteiger partial charge in [0.05, 0.1) is 9.68 Å². The molecule has 0 spiro atoms. The number of hydrogen-bond donors (Lipinski definition) is 1. The minimum atomic E-state index is -0.0480. The van der Waals surface area contributed by atoms with E-state index in [1.54, 1.807) is 0 Å². The Bertz CT molecular complexity index is 198. The predicted octanol–water partition coefficient (Wildman–Crippen LogP) is 1.27. The van der Waals surface area contributed by atoms with E-state index in [-0.39, 0.29) is 9.68 Å². The number of nitrogens with one attached hydrogen (secondary N) is 1. The van der Waals surface area contributed by atoms with Gasteiger partial charge < -0.3 is 4.98 Å². The lowest BCUT2D eigenvalue weighted by atomic mass is 10.2. The molecule has 0 bridgehead atoms. The maximum Gasteiger partial charge on any atom is 0.0959 e. The van der Waals surface area contributed by atoms with Crippen molar-refractivity contribution in [3.63, 3.8) is 0 Å². The number of benzene rings is 1. The molecule has 0 unspecified atom stereocenters. The molecule has 1 nitrogen and oxygen atoms in total. The van der Waals surface area contributed by atoms with E-state index in [0.717, 1.165) is 0 Å². The van der Waals surface area contributed by atoms with Crippen molar-refractivity contribution in [2.24, 2.45) is 0 Å². The SMILES string of the molecule is CCCN[SiH2]Cc1ccccc1. The highest BCUT2D eigenvalue weighted by Crippen LogP contribution is 1.96. The van der Waals surface area contributed by atoms with Crippen molar-refractivity contribution in [2.45, 2.75) is 19.4 Å². The Morgan fingerprint density at radius 3 is 2.67 bits per heavy atom. The summed E-state index contributed by atoms with van der Waals surface area (Å²) in [7, 11) is -0.0480. The van der Waals surface area contributed by atoms with Gasteiger partial charge in [-0.3, -0.25) is 0 Å². The first-order valence-corrected chi connectivity index (χ1v) is 6.39. The third kappa shape index (κ3) is 3.69. The summed E-state index contributed by atoms with van der Waals surface area (Å²) in [5, 5.41) is 0. The topological polar surface area (TPSA) is 12.0 Å². The lowest BCUT2D eigenvalue weighted by Crippen LogP contribution is -2.21. The van der Waals surface area contributed by atoms with Gasteiger partial charge >= 0.3 is 0 Å². The van der Waals surface area contributed by atoms with Crippen molar-refractivity contribution in [3.8, 4) is 0 Å². The van der Waals surface area contributed by atoms with Gasteiger partial charge in [-0.1, -0.05) is 37.3 Å². The highest BCUT2D eigenvalue weighted by Gasteiger charge is 1.90. The fourth-order valence-electron chi connectivity index (χ4n) is 1.18. The zero-order valence-electron chi connectivity index (χ0n) is 7.72. The molecule has 0 saturated carbocycles. The highest BCUT2D eigenvalue weighted by atomic mass is 28.2. The van der Waals surface area contributed by atoms with Crippen LogP contribution in [-0.2, 0) is 6.04 Å². The molecule has 0 aliphatic heterocycles. The van der Waals surface area contributed by atoms with Crippen LogP contribution in [0.1, 0.15) is 18.9 Å². The molecule has 1 aromatic carbocycles. The van der Waals surface area contributed by atoms with Gasteiger partial charge in [-0.2, -0.15) is 0 Å². The molecular weight excluding hydrogens is 162 g/mol. The lowest BCUT2D eigenvalue weighted by Gasteiger charge is -2.01. The predicted molar refractivity (Wildman–Crippen MR) is 57.0 cm³/mol. The average molecular weight is 179 g/mol. The summed E-state index contributed by atoms with van der Waals surface area (Å²) in [6.07, 6.45) is 1.25. The van der Waals surface area contributed by atoms with E-state index in [4.69, 9.17) is 0 Å². The third-order valence-corrected chi connectivity index (χ3v) is 3.39. The monoisotopic (exact) mass is 179 g/mol. The van der Waals surface area contributed by atoms with Crippen LogP contribution in [0.2, 0.25) is 0 Å². The zero-order chi connectivity index (χ0) is 8.65. The van der Waals surface area contributed by atoms with Crippen LogP contribution in [0.5, 0.6) is 0 Å². The first kappa shape index (κ1) is 9.48. The number of hydrogen-bond acceptors (Lipinski definition) is 1. The summed E-state index contributed by atoms with van der Waals surface area (Å²) in [4.78, 5) is 3.52. The molecule has 0 saturated heterocycles. The fourth-order valence-corrected chi connectivity index (χ4v) is 2.58. The molecule has 12 heavy (non-hydrogen) atoms. The van der Waals surface area contributed by atoms with E-state index in [1.165, 1.54) is 24.6 Å². The lowest BCUT2D eigenvalue weighted by molar-refractivity contribution is 0.856. The first-order valence-electron chi connectivity index (χ1n) is 4.68. The first-order chi connectivity index (χ1) is 5.93. The molecule has 0 amide bonds. The number of rotatable bonds is 5. The van der Waals surface area contributed by atoms with Crippen molar-refractivity contribution in [1.29, 1.82) is 0 Å². The Kier molecular flexibility index (Phi) is 4.72. The Morgan fingerprint density at radius 2 is 2.00 bits per heavy atom. The smallest absolute Gasteiger partial charge is 0.0959 e. The van der Waals surface area contributed by atoms with Gasteiger partial charge in [0.15, 0.2) is 0 Å². The van der Waals surface area contributed by atoms with Gasteiger partial charge in [-0.15, -0.1) is 0 Å². The summed E-state index contributed by atoms with van der Waals surface area (Å²) in [6, 6.07) is 12.0. The van der Waals surface area contributed by atoms with E-state index < -0.39 is 0 Å². The summed E-state index contributed by atoms with van der Waals surface area (Å²) >= 11 is 0. The average Bonchev–Trinajstić information content (AvgIpc) is 2.14. The normalized spacial score (nSPS) is 11.1. The molecule has 1 rings (SSSR count). The second-order valence-corrected chi connectivity index (χ2v) is 4.49. The van der Waals surface area contributed by atoms with Gasteiger partial charge in [-0.05, 0) is 24.6 Å². The molecule has 0 heterocycles. The molecule has 0 radical (unpaired) electrons. The molecule has 1 aromatic rings.